The molecule has 2 aromatic carbocycles. The lowest BCUT2D eigenvalue weighted by Crippen LogP contribution is -2.02. The maximum absolute atomic E-state index is 11.1. The standard InChI is InChI=1S/C16H16O4/c1-2-19-15-5-3-4-13(10-17)16(15)20-11-12-6-8-14(18)9-7-12/h3-10,18H,2,11H2,1H3. The van der Waals surface area contributed by atoms with Crippen molar-refractivity contribution >= 4 is 6.29 Å². The van der Waals surface area contributed by atoms with E-state index in [1.807, 2.05) is 6.92 Å². The fourth-order valence-electron chi connectivity index (χ4n) is 1.80. The average molecular weight is 272 g/mol. The highest BCUT2D eigenvalue weighted by molar-refractivity contribution is 5.81. The van der Waals surface area contributed by atoms with Crippen molar-refractivity contribution in [3.8, 4) is 17.2 Å². The average Bonchev–Trinajstić information content (AvgIpc) is 2.47. The van der Waals surface area contributed by atoms with Gasteiger partial charge in [0.15, 0.2) is 17.8 Å². The van der Waals surface area contributed by atoms with Gasteiger partial charge in [0.05, 0.1) is 12.2 Å². The molecule has 2 rings (SSSR count). The van der Waals surface area contributed by atoms with Gasteiger partial charge in [-0.2, -0.15) is 0 Å². The molecule has 0 saturated carbocycles. The van der Waals surface area contributed by atoms with Gasteiger partial charge in [0.1, 0.15) is 12.4 Å². The van der Waals surface area contributed by atoms with E-state index in [0.717, 1.165) is 11.8 Å². The molecule has 0 bridgehead atoms. The van der Waals surface area contributed by atoms with Crippen LogP contribution in [-0.2, 0) is 6.61 Å². The van der Waals surface area contributed by atoms with Gasteiger partial charge in [-0.05, 0) is 36.8 Å². The largest absolute Gasteiger partial charge is 0.508 e. The van der Waals surface area contributed by atoms with Gasteiger partial charge in [-0.3, -0.25) is 4.79 Å². The van der Waals surface area contributed by atoms with E-state index in [1.54, 1.807) is 42.5 Å². The Bertz CT molecular complexity index is 576. The highest BCUT2D eigenvalue weighted by atomic mass is 16.5. The SMILES string of the molecule is CCOc1cccc(C=O)c1OCc1ccc(O)cc1. The van der Waals surface area contributed by atoms with Crippen molar-refractivity contribution in [3.63, 3.8) is 0 Å². The maximum Gasteiger partial charge on any atom is 0.172 e. The number of hydrogen-bond donors (Lipinski definition) is 1. The molecule has 1 N–H and O–H groups in total. The Morgan fingerprint density at radius 1 is 1.10 bits per heavy atom. The number of aldehydes is 1. The molecule has 4 nitrogen and oxygen atoms in total. The van der Waals surface area contributed by atoms with Gasteiger partial charge in [-0.1, -0.05) is 18.2 Å². The van der Waals surface area contributed by atoms with Crippen molar-refractivity contribution in [1.82, 2.24) is 0 Å². The fourth-order valence-corrected chi connectivity index (χ4v) is 1.80. The van der Waals surface area contributed by atoms with E-state index < -0.39 is 0 Å². The van der Waals surface area contributed by atoms with Crippen LogP contribution in [0.3, 0.4) is 0 Å². The summed E-state index contributed by atoms with van der Waals surface area (Å²) in [6.07, 6.45) is 0.745. The van der Waals surface area contributed by atoms with Crippen LogP contribution >= 0.6 is 0 Å². The zero-order chi connectivity index (χ0) is 14.4. The molecule has 0 heterocycles. The molecular weight excluding hydrogens is 256 g/mol. The molecule has 0 saturated heterocycles. The third-order valence-corrected chi connectivity index (χ3v) is 2.76. The van der Waals surface area contributed by atoms with Gasteiger partial charge >= 0.3 is 0 Å². The zero-order valence-corrected chi connectivity index (χ0v) is 11.2. The third-order valence-electron chi connectivity index (χ3n) is 2.76. The molecule has 0 spiro atoms. The number of carbonyl (C=O) groups is 1. The molecule has 0 fully saturated rings. The Morgan fingerprint density at radius 3 is 2.50 bits per heavy atom. The summed E-state index contributed by atoms with van der Waals surface area (Å²) in [6, 6.07) is 11.9. The Morgan fingerprint density at radius 2 is 1.85 bits per heavy atom. The highest BCUT2D eigenvalue weighted by Gasteiger charge is 2.10. The molecule has 0 amide bonds. The minimum atomic E-state index is 0.206. The monoisotopic (exact) mass is 272 g/mol. The van der Waals surface area contributed by atoms with Gasteiger partial charge in [-0.15, -0.1) is 0 Å². The van der Waals surface area contributed by atoms with E-state index in [9.17, 15) is 9.90 Å². The Kier molecular flexibility index (Phi) is 4.60. The van der Waals surface area contributed by atoms with Crippen molar-refractivity contribution in [1.29, 1.82) is 0 Å². The second-order valence-electron chi connectivity index (χ2n) is 4.18. The van der Waals surface area contributed by atoms with Crippen molar-refractivity contribution in [2.45, 2.75) is 13.5 Å². The quantitative estimate of drug-likeness (QED) is 0.820. The normalized spacial score (nSPS) is 10.1. The van der Waals surface area contributed by atoms with Gasteiger partial charge in [0.25, 0.3) is 0 Å². The molecule has 104 valence electrons. The van der Waals surface area contributed by atoms with E-state index in [-0.39, 0.29) is 5.75 Å². The molecule has 0 aliphatic heterocycles. The molecule has 0 aromatic heterocycles. The lowest BCUT2D eigenvalue weighted by Gasteiger charge is -2.13. The zero-order valence-electron chi connectivity index (χ0n) is 11.2. The van der Waals surface area contributed by atoms with Crippen LogP contribution in [0.2, 0.25) is 0 Å². The van der Waals surface area contributed by atoms with Crippen LogP contribution < -0.4 is 9.47 Å². The predicted molar refractivity (Wildman–Crippen MR) is 75.4 cm³/mol. The predicted octanol–water partition coefficient (Wildman–Crippen LogP) is 3.18. The summed E-state index contributed by atoms with van der Waals surface area (Å²) in [5.41, 5.74) is 1.35. The number of rotatable bonds is 6. The lowest BCUT2D eigenvalue weighted by atomic mass is 10.2. The number of carbonyl (C=O) groups excluding carboxylic acids is 1. The van der Waals surface area contributed by atoms with Crippen LogP contribution in [-0.4, -0.2) is 18.0 Å². The van der Waals surface area contributed by atoms with Crippen molar-refractivity contribution in [2.24, 2.45) is 0 Å². The minimum Gasteiger partial charge on any atom is -0.508 e. The first-order chi connectivity index (χ1) is 9.74. The Labute approximate surface area is 117 Å². The lowest BCUT2D eigenvalue weighted by molar-refractivity contribution is 0.111. The summed E-state index contributed by atoms with van der Waals surface area (Å²) in [4.78, 5) is 11.1. The van der Waals surface area contributed by atoms with Gasteiger partial charge in [-0.25, -0.2) is 0 Å². The van der Waals surface area contributed by atoms with E-state index in [2.05, 4.69) is 0 Å². The van der Waals surface area contributed by atoms with Gasteiger partial charge in [0.2, 0.25) is 0 Å². The summed E-state index contributed by atoms with van der Waals surface area (Å²) >= 11 is 0. The second-order valence-corrected chi connectivity index (χ2v) is 4.18. The molecule has 0 radical (unpaired) electrons. The van der Waals surface area contributed by atoms with Crippen LogP contribution in [0.15, 0.2) is 42.5 Å². The van der Waals surface area contributed by atoms with Crippen molar-refractivity contribution in [3.05, 3.63) is 53.6 Å². The Balaban J connectivity index is 2.18. The highest BCUT2D eigenvalue weighted by Crippen LogP contribution is 2.31. The molecule has 20 heavy (non-hydrogen) atoms. The number of phenolic OH excluding ortho intramolecular Hbond substituents is 1. The molecular formula is C16H16O4. The number of phenols is 1. The van der Waals surface area contributed by atoms with Crippen LogP contribution in [0, 0.1) is 0 Å². The molecule has 2 aromatic rings. The third kappa shape index (κ3) is 3.29. The first-order valence-electron chi connectivity index (χ1n) is 6.36. The van der Waals surface area contributed by atoms with Crippen molar-refractivity contribution < 1.29 is 19.4 Å². The Hall–Kier alpha value is -2.49. The van der Waals surface area contributed by atoms with Gasteiger partial charge in [0, 0.05) is 0 Å². The second kappa shape index (κ2) is 6.61. The number of aromatic hydroxyl groups is 1. The minimum absolute atomic E-state index is 0.206. The molecule has 0 atom stereocenters. The maximum atomic E-state index is 11.1. The summed E-state index contributed by atoms with van der Waals surface area (Å²) in [7, 11) is 0. The number of ether oxygens (including phenoxy) is 2. The molecule has 4 heteroatoms. The van der Waals surface area contributed by atoms with E-state index >= 15 is 0 Å². The van der Waals surface area contributed by atoms with Crippen LogP contribution in [0.5, 0.6) is 17.2 Å². The van der Waals surface area contributed by atoms with Crippen LogP contribution in [0.25, 0.3) is 0 Å². The molecule has 0 unspecified atom stereocenters. The summed E-state index contributed by atoms with van der Waals surface area (Å²) in [5, 5.41) is 9.23. The summed E-state index contributed by atoms with van der Waals surface area (Å²) < 4.78 is 11.2. The van der Waals surface area contributed by atoms with Crippen LogP contribution in [0.4, 0.5) is 0 Å². The summed E-state index contributed by atoms with van der Waals surface area (Å²) in [5.74, 6) is 1.20. The first-order valence-corrected chi connectivity index (χ1v) is 6.36. The first kappa shape index (κ1) is 13.9. The smallest absolute Gasteiger partial charge is 0.172 e. The van der Waals surface area contributed by atoms with E-state index in [1.165, 1.54) is 0 Å². The van der Waals surface area contributed by atoms with E-state index in [4.69, 9.17) is 9.47 Å². The van der Waals surface area contributed by atoms with Crippen molar-refractivity contribution in [2.75, 3.05) is 6.61 Å². The fraction of sp³-hybridized carbons (Fsp3) is 0.188. The summed E-state index contributed by atoms with van der Waals surface area (Å²) in [6.45, 7) is 2.67. The van der Waals surface area contributed by atoms with Crippen LogP contribution in [0.1, 0.15) is 22.8 Å². The number of hydrogen-bond acceptors (Lipinski definition) is 4. The number of benzene rings is 2. The molecule has 0 aliphatic rings. The molecule has 0 aliphatic carbocycles. The van der Waals surface area contributed by atoms with Gasteiger partial charge < -0.3 is 14.6 Å². The van der Waals surface area contributed by atoms with E-state index in [0.29, 0.717) is 30.3 Å². The topological polar surface area (TPSA) is 55.8 Å². The number of para-hydroxylation sites is 1.